The standard InChI is InChI=1S/C14H21FN2O4S/c1-9-11(5-4-6-16-9)17-22(18,19)14-8-13(21-3)12(20-2)7-10(14)15/h7-9,11,16-17H,4-6H2,1-3H3. The lowest BCUT2D eigenvalue weighted by molar-refractivity contribution is 0.345. The first-order valence-electron chi connectivity index (χ1n) is 7.06. The maximum Gasteiger partial charge on any atom is 0.243 e. The molecular formula is C14H21FN2O4S. The van der Waals surface area contributed by atoms with Gasteiger partial charge in [0, 0.05) is 24.2 Å². The minimum Gasteiger partial charge on any atom is -0.493 e. The average molecular weight is 332 g/mol. The van der Waals surface area contributed by atoms with E-state index in [4.69, 9.17) is 9.47 Å². The number of piperidine rings is 1. The van der Waals surface area contributed by atoms with Crippen LogP contribution >= 0.6 is 0 Å². The number of ether oxygens (including phenoxy) is 2. The molecular weight excluding hydrogens is 311 g/mol. The maximum atomic E-state index is 14.1. The highest BCUT2D eigenvalue weighted by molar-refractivity contribution is 7.89. The van der Waals surface area contributed by atoms with Gasteiger partial charge in [0.15, 0.2) is 11.5 Å². The lowest BCUT2D eigenvalue weighted by Gasteiger charge is -2.30. The van der Waals surface area contributed by atoms with Crippen molar-refractivity contribution in [1.29, 1.82) is 0 Å². The van der Waals surface area contributed by atoms with Crippen LogP contribution in [-0.2, 0) is 10.0 Å². The molecule has 2 rings (SSSR count). The van der Waals surface area contributed by atoms with Gasteiger partial charge in [0.05, 0.1) is 14.2 Å². The zero-order valence-corrected chi connectivity index (χ0v) is 13.7. The van der Waals surface area contributed by atoms with Crippen LogP contribution in [0.25, 0.3) is 0 Å². The first-order valence-corrected chi connectivity index (χ1v) is 8.54. The molecule has 1 aliphatic heterocycles. The Morgan fingerprint density at radius 2 is 1.91 bits per heavy atom. The van der Waals surface area contributed by atoms with Crippen molar-refractivity contribution in [2.75, 3.05) is 20.8 Å². The number of sulfonamides is 1. The number of hydrogen-bond donors (Lipinski definition) is 2. The molecule has 0 radical (unpaired) electrons. The second-order valence-corrected chi connectivity index (χ2v) is 6.93. The van der Waals surface area contributed by atoms with Gasteiger partial charge in [-0.1, -0.05) is 0 Å². The molecule has 8 heteroatoms. The van der Waals surface area contributed by atoms with Gasteiger partial charge in [-0.3, -0.25) is 0 Å². The van der Waals surface area contributed by atoms with Crippen molar-refractivity contribution in [2.24, 2.45) is 0 Å². The van der Waals surface area contributed by atoms with Crippen molar-refractivity contribution >= 4 is 10.0 Å². The van der Waals surface area contributed by atoms with Gasteiger partial charge in [-0.2, -0.15) is 0 Å². The SMILES string of the molecule is COc1cc(F)c(S(=O)(=O)NC2CCCNC2C)cc1OC. The number of halogens is 1. The van der Waals surface area contributed by atoms with Crippen molar-refractivity contribution in [3.8, 4) is 11.5 Å². The minimum atomic E-state index is -3.98. The molecule has 1 fully saturated rings. The van der Waals surface area contributed by atoms with Crippen molar-refractivity contribution in [2.45, 2.75) is 36.7 Å². The molecule has 1 aromatic rings. The summed E-state index contributed by atoms with van der Waals surface area (Å²) in [4.78, 5) is -0.442. The highest BCUT2D eigenvalue weighted by Crippen LogP contribution is 2.32. The Balaban J connectivity index is 2.32. The van der Waals surface area contributed by atoms with Crippen LogP contribution in [0.2, 0.25) is 0 Å². The lowest BCUT2D eigenvalue weighted by atomic mass is 10.0. The van der Waals surface area contributed by atoms with E-state index >= 15 is 0 Å². The second-order valence-electron chi connectivity index (χ2n) is 5.25. The zero-order chi connectivity index (χ0) is 16.3. The van der Waals surface area contributed by atoms with Crippen LogP contribution in [-0.4, -0.2) is 41.3 Å². The average Bonchev–Trinajstić information content (AvgIpc) is 2.48. The third-order valence-electron chi connectivity index (χ3n) is 3.80. The molecule has 1 aromatic carbocycles. The fourth-order valence-electron chi connectivity index (χ4n) is 2.51. The molecule has 124 valence electrons. The number of hydrogen-bond acceptors (Lipinski definition) is 5. The van der Waals surface area contributed by atoms with Gasteiger partial charge in [0.25, 0.3) is 0 Å². The number of rotatable bonds is 5. The monoisotopic (exact) mass is 332 g/mol. The van der Waals surface area contributed by atoms with Gasteiger partial charge < -0.3 is 14.8 Å². The minimum absolute atomic E-state index is 0.00766. The predicted molar refractivity (Wildman–Crippen MR) is 80.3 cm³/mol. The summed E-state index contributed by atoms with van der Waals surface area (Å²) in [7, 11) is -1.25. The molecule has 0 amide bonds. The Morgan fingerprint density at radius 3 is 2.50 bits per heavy atom. The Hall–Kier alpha value is -1.38. The van der Waals surface area contributed by atoms with Crippen molar-refractivity contribution in [3.63, 3.8) is 0 Å². The quantitative estimate of drug-likeness (QED) is 0.849. The van der Waals surface area contributed by atoms with E-state index in [-0.39, 0.29) is 23.6 Å². The molecule has 2 unspecified atom stereocenters. The third kappa shape index (κ3) is 3.50. The fraction of sp³-hybridized carbons (Fsp3) is 0.571. The van der Waals surface area contributed by atoms with Gasteiger partial charge in [0.1, 0.15) is 10.7 Å². The van der Waals surface area contributed by atoms with Crippen molar-refractivity contribution in [1.82, 2.24) is 10.0 Å². The first kappa shape index (κ1) is 17.0. The maximum absolute atomic E-state index is 14.1. The molecule has 2 N–H and O–H groups in total. The molecule has 0 aromatic heterocycles. The molecule has 1 heterocycles. The van der Waals surface area contributed by atoms with Crippen molar-refractivity contribution < 1.29 is 22.3 Å². The van der Waals surface area contributed by atoms with E-state index in [1.54, 1.807) is 0 Å². The Morgan fingerprint density at radius 1 is 1.27 bits per heavy atom. The van der Waals surface area contributed by atoms with Gasteiger partial charge in [-0.15, -0.1) is 0 Å². The molecule has 0 bridgehead atoms. The topological polar surface area (TPSA) is 76.7 Å². The van der Waals surface area contributed by atoms with Crippen molar-refractivity contribution in [3.05, 3.63) is 17.9 Å². The van der Waals surface area contributed by atoms with Gasteiger partial charge in [0.2, 0.25) is 10.0 Å². The second kappa shape index (κ2) is 6.80. The Kier molecular flexibility index (Phi) is 5.25. The van der Waals surface area contributed by atoms with Crippen LogP contribution in [0.15, 0.2) is 17.0 Å². The van der Waals surface area contributed by atoms with E-state index in [0.717, 1.165) is 25.1 Å². The Bertz CT molecular complexity index is 636. The summed E-state index contributed by atoms with van der Waals surface area (Å²) in [5.41, 5.74) is 0. The van der Waals surface area contributed by atoms with Gasteiger partial charge in [-0.25, -0.2) is 17.5 Å². The van der Waals surface area contributed by atoms with E-state index in [2.05, 4.69) is 10.0 Å². The highest BCUT2D eigenvalue weighted by Gasteiger charge is 2.29. The van der Waals surface area contributed by atoms with Crippen LogP contribution in [0.3, 0.4) is 0 Å². The third-order valence-corrected chi connectivity index (χ3v) is 5.30. The van der Waals surface area contributed by atoms with E-state index < -0.39 is 20.7 Å². The molecule has 1 saturated heterocycles. The molecule has 1 aliphatic rings. The van der Waals surface area contributed by atoms with Crippen LogP contribution < -0.4 is 19.5 Å². The normalized spacial score (nSPS) is 22.4. The summed E-state index contributed by atoms with van der Waals surface area (Å²) >= 11 is 0. The summed E-state index contributed by atoms with van der Waals surface area (Å²) in [5, 5.41) is 3.20. The number of nitrogens with one attached hydrogen (secondary N) is 2. The summed E-state index contributed by atoms with van der Waals surface area (Å²) in [6.07, 6.45) is 1.58. The first-order chi connectivity index (χ1) is 10.4. The molecule has 0 aliphatic carbocycles. The largest absolute Gasteiger partial charge is 0.493 e. The zero-order valence-electron chi connectivity index (χ0n) is 12.8. The van der Waals surface area contributed by atoms with E-state index in [9.17, 15) is 12.8 Å². The summed E-state index contributed by atoms with van der Waals surface area (Å²) < 4.78 is 51.6. The lowest BCUT2D eigenvalue weighted by Crippen LogP contribution is -2.51. The Labute approximate surface area is 130 Å². The number of benzene rings is 1. The van der Waals surface area contributed by atoms with E-state index in [1.165, 1.54) is 14.2 Å². The van der Waals surface area contributed by atoms with E-state index in [1.807, 2.05) is 6.92 Å². The number of methoxy groups -OCH3 is 2. The fourth-order valence-corrected chi connectivity index (χ4v) is 3.93. The van der Waals surface area contributed by atoms with E-state index in [0.29, 0.717) is 6.42 Å². The molecule has 0 spiro atoms. The molecule has 2 atom stereocenters. The smallest absolute Gasteiger partial charge is 0.243 e. The van der Waals surface area contributed by atoms with Gasteiger partial charge in [-0.05, 0) is 26.3 Å². The predicted octanol–water partition coefficient (Wildman–Crippen LogP) is 1.26. The van der Waals surface area contributed by atoms with Gasteiger partial charge >= 0.3 is 0 Å². The van der Waals surface area contributed by atoms with Crippen LogP contribution in [0.4, 0.5) is 4.39 Å². The summed E-state index contributed by atoms with van der Waals surface area (Å²) in [6.45, 7) is 2.75. The van der Waals surface area contributed by atoms with Crippen LogP contribution in [0.1, 0.15) is 19.8 Å². The summed E-state index contributed by atoms with van der Waals surface area (Å²) in [6, 6.07) is 1.87. The molecule has 22 heavy (non-hydrogen) atoms. The van der Waals surface area contributed by atoms with Crippen LogP contribution in [0.5, 0.6) is 11.5 Å². The summed E-state index contributed by atoms with van der Waals surface area (Å²) in [5.74, 6) is -0.563. The highest BCUT2D eigenvalue weighted by atomic mass is 32.2. The molecule has 6 nitrogen and oxygen atoms in total. The molecule has 0 saturated carbocycles. The van der Waals surface area contributed by atoms with Crippen LogP contribution in [0, 0.1) is 5.82 Å².